The number of hydrogen-bond acceptors (Lipinski definition) is 6. The molecule has 0 radical (unpaired) electrons. The average Bonchev–Trinajstić information content (AvgIpc) is 3.34. The number of carbonyl (C=O) groups excluding carboxylic acids is 3. The van der Waals surface area contributed by atoms with Crippen molar-refractivity contribution in [1.29, 1.82) is 0 Å². The molecule has 0 bridgehead atoms. The molecular weight excluding hydrogens is 494 g/mol. The van der Waals surface area contributed by atoms with Crippen LogP contribution in [-0.4, -0.2) is 74.0 Å². The molecule has 2 aliphatic heterocycles. The zero-order valence-electron chi connectivity index (χ0n) is 22.9. The molecule has 0 unspecified atom stereocenters. The Morgan fingerprint density at radius 1 is 1.03 bits per heavy atom. The van der Waals surface area contributed by atoms with Crippen LogP contribution in [0.5, 0.6) is 5.75 Å². The predicted octanol–water partition coefficient (Wildman–Crippen LogP) is 1.40. The standard InChI is InChI=1S/C30H41N5O4/c1-32-25(18-21-6-4-3-5-7-21)28(36)34-27-22(19-31)10-11-23-12-15-26(35(23)30(27)38)29(37)33-17-16-20-8-13-24(39-2)14-9-20/h3-9,13-14,22-23,25-27,32H,10-12,15-19,31H2,1-2H3,(H,33,37)(H,34,36)/t22-,23+,25-,26+,27+/m1/s1. The Morgan fingerprint density at radius 2 is 1.74 bits per heavy atom. The third-order valence-corrected chi connectivity index (χ3v) is 8.09. The van der Waals surface area contributed by atoms with Gasteiger partial charge in [-0.3, -0.25) is 14.4 Å². The number of hydrogen-bond donors (Lipinski definition) is 4. The first-order valence-corrected chi connectivity index (χ1v) is 13.9. The van der Waals surface area contributed by atoms with Crippen molar-refractivity contribution in [3.63, 3.8) is 0 Å². The van der Waals surface area contributed by atoms with Gasteiger partial charge >= 0.3 is 0 Å². The van der Waals surface area contributed by atoms with Gasteiger partial charge < -0.3 is 31.3 Å². The Balaban J connectivity index is 1.41. The molecule has 2 aliphatic rings. The number of nitrogens with zero attached hydrogens (tertiary/aromatic N) is 1. The van der Waals surface area contributed by atoms with Crippen molar-refractivity contribution in [2.24, 2.45) is 11.7 Å². The van der Waals surface area contributed by atoms with Gasteiger partial charge in [0.25, 0.3) is 0 Å². The van der Waals surface area contributed by atoms with Gasteiger partial charge in [-0.15, -0.1) is 0 Å². The maximum Gasteiger partial charge on any atom is 0.246 e. The number of carbonyl (C=O) groups is 3. The van der Waals surface area contributed by atoms with Crippen LogP contribution in [0.1, 0.15) is 36.8 Å². The van der Waals surface area contributed by atoms with E-state index >= 15 is 0 Å². The van der Waals surface area contributed by atoms with Crippen molar-refractivity contribution in [1.82, 2.24) is 20.9 Å². The van der Waals surface area contributed by atoms with Crippen molar-refractivity contribution in [2.75, 3.05) is 27.2 Å². The van der Waals surface area contributed by atoms with Gasteiger partial charge in [-0.2, -0.15) is 0 Å². The molecule has 5 atom stereocenters. The van der Waals surface area contributed by atoms with Crippen LogP contribution < -0.4 is 26.4 Å². The van der Waals surface area contributed by atoms with Crippen molar-refractivity contribution in [3.8, 4) is 5.75 Å². The number of nitrogens with one attached hydrogen (secondary N) is 3. The zero-order valence-corrected chi connectivity index (χ0v) is 22.9. The smallest absolute Gasteiger partial charge is 0.246 e. The second-order valence-electron chi connectivity index (χ2n) is 10.5. The lowest BCUT2D eigenvalue weighted by molar-refractivity contribution is -0.143. The molecule has 5 N–H and O–H groups in total. The Morgan fingerprint density at radius 3 is 2.41 bits per heavy atom. The number of rotatable bonds is 11. The summed E-state index contributed by atoms with van der Waals surface area (Å²) in [4.78, 5) is 42.2. The van der Waals surface area contributed by atoms with Crippen molar-refractivity contribution in [2.45, 2.75) is 62.7 Å². The molecule has 2 aromatic rings. The molecule has 0 spiro atoms. The van der Waals surface area contributed by atoms with E-state index < -0.39 is 18.1 Å². The molecule has 9 heteroatoms. The van der Waals surface area contributed by atoms with Gasteiger partial charge in [0.1, 0.15) is 17.8 Å². The van der Waals surface area contributed by atoms with E-state index in [2.05, 4.69) is 16.0 Å². The number of fused-ring (bicyclic) bond motifs is 1. The van der Waals surface area contributed by atoms with Crippen LogP contribution in [0.15, 0.2) is 54.6 Å². The van der Waals surface area contributed by atoms with Crippen LogP contribution in [0.3, 0.4) is 0 Å². The SMILES string of the molecule is CN[C@H](Cc1ccccc1)C(=O)N[C@@H]1C(=O)N2[C@@H](CC[C@@H]1CN)CC[C@H]2C(=O)NCCc1ccc(OC)cc1. The highest BCUT2D eigenvalue weighted by molar-refractivity contribution is 5.94. The maximum absolute atomic E-state index is 13.9. The summed E-state index contributed by atoms with van der Waals surface area (Å²) in [5.41, 5.74) is 8.21. The first kappa shape index (κ1) is 28.6. The highest BCUT2D eigenvalue weighted by Gasteiger charge is 2.47. The van der Waals surface area contributed by atoms with Crippen LogP contribution in [0.4, 0.5) is 0 Å². The number of likely N-dealkylation sites (N-methyl/N-ethyl adjacent to an activating group) is 1. The van der Waals surface area contributed by atoms with Crippen molar-refractivity contribution in [3.05, 3.63) is 65.7 Å². The van der Waals surface area contributed by atoms with Crippen LogP contribution >= 0.6 is 0 Å². The summed E-state index contributed by atoms with van der Waals surface area (Å²) in [6, 6.07) is 15.7. The van der Waals surface area contributed by atoms with E-state index in [0.29, 0.717) is 32.4 Å². The summed E-state index contributed by atoms with van der Waals surface area (Å²) in [7, 11) is 3.37. The highest BCUT2D eigenvalue weighted by Crippen LogP contribution is 2.34. The molecule has 210 valence electrons. The van der Waals surface area contributed by atoms with Gasteiger partial charge in [0.15, 0.2) is 0 Å². The third kappa shape index (κ3) is 6.96. The number of benzene rings is 2. The molecule has 2 heterocycles. The van der Waals surface area contributed by atoms with E-state index in [4.69, 9.17) is 10.5 Å². The van der Waals surface area contributed by atoms with E-state index in [1.165, 1.54) is 0 Å². The fourth-order valence-electron chi connectivity index (χ4n) is 5.80. The largest absolute Gasteiger partial charge is 0.497 e. The van der Waals surface area contributed by atoms with Gasteiger partial charge in [0.2, 0.25) is 17.7 Å². The van der Waals surface area contributed by atoms with Gasteiger partial charge in [-0.05, 0) is 75.4 Å². The zero-order chi connectivity index (χ0) is 27.8. The molecule has 0 aromatic heterocycles. The van der Waals surface area contributed by atoms with Crippen LogP contribution in [0.2, 0.25) is 0 Å². The topological polar surface area (TPSA) is 126 Å². The molecule has 4 rings (SSSR count). The lowest BCUT2D eigenvalue weighted by Gasteiger charge is -2.32. The monoisotopic (exact) mass is 535 g/mol. The van der Waals surface area contributed by atoms with E-state index in [-0.39, 0.29) is 29.7 Å². The maximum atomic E-state index is 13.9. The first-order chi connectivity index (χ1) is 18.9. The molecule has 39 heavy (non-hydrogen) atoms. The minimum atomic E-state index is -0.758. The Labute approximate surface area is 230 Å². The van der Waals surface area contributed by atoms with E-state index in [0.717, 1.165) is 36.1 Å². The van der Waals surface area contributed by atoms with E-state index in [9.17, 15) is 14.4 Å². The van der Waals surface area contributed by atoms with Gasteiger partial charge in [0.05, 0.1) is 13.2 Å². The van der Waals surface area contributed by atoms with Gasteiger partial charge in [-0.1, -0.05) is 42.5 Å². The minimum Gasteiger partial charge on any atom is -0.497 e. The van der Waals surface area contributed by atoms with E-state index in [1.807, 2.05) is 54.6 Å². The molecule has 0 aliphatic carbocycles. The van der Waals surface area contributed by atoms with E-state index in [1.54, 1.807) is 19.1 Å². The van der Waals surface area contributed by atoms with Gasteiger partial charge in [-0.25, -0.2) is 0 Å². The normalized spacial score (nSPS) is 23.5. The summed E-state index contributed by atoms with van der Waals surface area (Å²) in [6.45, 7) is 0.766. The van der Waals surface area contributed by atoms with Crippen LogP contribution in [-0.2, 0) is 27.2 Å². The fraction of sp³-hybridized carbons (Fsp3) is 0.500. The molecule has 9 nitrogen and oxygen atoms in total. The highest BCUT2D eigenvalue weighted by atomic mass is 16.5. The Bertz CT molecular complexity index is 1110. The summed E-state index contributed by atoms with van der Waals surface area (Å²) in [5.74, 6) is 0.0193. The molecule has 2 saturated heterocycles. The van der Waals surface area contributed by atoms with Crippen LogP contribution in [0, 0.1) is 5.92 Å². The molecule has 2 aromatic carbocycles. The molecular formula is C30H41N5O4. The second-order valence-corrected chi connectivity index (χ2v) is 10.5. The number of ether oxygens (including phenoxy) is 1. The summed E-state index contributed by atoms with van der Waals surface area (Å²) in [6.07, 6.45) is 4.07. The fourth-order valence-corrected chi connectivity index (χ4v) is 5.80. The van der Waals surface area contributed by atoms with Crippen molar-refractivity contribution >= 4 is 17.7 Å². The number of amides is 3. The Hall–Kier alpha value is -3.43. The molecule has 3 amide bonds. The lowest BCUT2D eigenvalue weighted by Crippen LogP contribution is -2.59. The number of nitrogens with two attached hydrogens (primary N) is 1. The Kier molecular flexibility index (Phi) is 9.95. The quantitative estimate of drug-likeness (QED) is 0.345. The first-order valence-electron chi connectivity index (χ1n) is 13.9. The third-order valence-electron chi connectivity index (χ3n) is 8.09. The minimum absolute atomic E-state index is 0.0183. The predicted molar refractivity (Wildman–Crippen MR) is 150 cm³/mol. The molecule has 2 fully saturated rings. The lowest BCUT2D eigenvalue weighted by atomic mass is 9.93. The summed E-state index contributed by atoms with van der Waals surface area (Å²) < 4.78 is 5.20. The summed E-state index contributed by atoms with van der Waals surface area (Å²) >= 11 is 0. The van der Waals surface area contributed by atoms with Crippen molar-refractivity contribution < 1.29 is 19.1 Å². The average molecular weight is 536 g/mol. The second kappa shape index (κ2) is 13.6. The summed E-state index contributed by atoms with van der Waals surface area (Å²) in [5, 5.41) is 9.12. The molecule has 0 saturated carbocycles. The number of methoxy groups -OCH3 is 1. The van der Waals surface area contributed by atoms with Crippen LogP contribution in [0.25, 0.3) is 0 Å². The van der Waals surface area contributed by atoms with Gasteiger partial charge in [0, 0.05) is 18.5 Å².